The SMILES string of the molecule is CO[P+](=O)OC(=O)C(C)C.[H-].[Na+]. The van der Waals surface area contributed by atoms with Gasteiger partial charge in [0, 0.05) is 4.57 Å². The maximum Gasteiger partial charge on any atom is 1.00 e. The van der Waals surface area contributed by atoms with E-state index in [1.54, 1.807) is 13.8 Å². The minimum Gasteiger partial charge on any atom is -1.00 e. The van der Waals surface area contributed by atoms with Crippen molar-refractivity contribution in [1.82, 2.24) is 0 Å². The van der Waals surface area contributed by atoms with Gasteiger partial charge in [-0.1, -0.05) is 13.8 Å². The summed E-state index contributed by atoms with van der Waals surface area (Å²) in [5.74, 6) is -0.780. The third kappa shape index (κ3) is 6.91. The van der Waals surface area contributed by atoms with Gasteiger partial charge < -0.3 is 1.43 Å². The van der Waals surface area contributed by atoms with Gasteiger partial charge in [-0.3, -0.25) is 0 Å². The van der Waals surface area contributed by atoms with Gasteiger partial charge in [0.15, 0.2) is 0 Å². The molecule has 1 unspecified atom stereocenters. The summed E-state index contributed by atoms with van der Waals surface area (Å²) in [6.45, 7) is 3.31. The fraction of sp³-hybridized carbons (Fsp3) is 0.800. The van der Waals surface area contributed by atoms with E-state index in [1.807, 2.05) is 0 Å². The molecule has 0 spiro atoms. The van der Waals surface area contributed by atoms with Gasteiger partial charge in [-0.15, -0.1) is 4.52 Å². The molecule has 0 saturated carbocycles. The maximum atomic E-state index is 10.6. The van der Waals surface area contributed by atoms with Crippen molar-refractivity contribution < 1.29 is 49.4 Å². The number of rotatable bonds is 3. The Kier molecular flexibility index (Phi) is 9.21. The second-order valence-corrected chi connectivity index (χ2v) is 2.97. The van der Waals surface area contributed by atoms with Crippen molar-refractivity contribution in [3.8, 4) is 0 Å². The molecule has 6 heteroatoms. The number of hydrogen-bond donors (Lipinski definition) is 0. The zero-order chi connectivity index (χ0) is 8.15. The smallest absolute Gasteiger partial charge is 1.00 e. The zero-order valence-electron chi connectivity index (χ0n) is 8.16. The molecule has 0 N–H and O–H groups in total. The molecule has 0 bridgehead atoms. The van der Waals surface area contributed by atoms with Crippen molar-refractivity contribution in [3.05, 3.63) is 0 Å². The normalized spacial score (nSPS) is 10.4. The van der Waals surface area contributed by atoms with Crippen LogP contribution in [0.1, 0.15) is 15.3 Å². The molecule has 0 heterocycles. The van der Waals surface area contributed by atoms with E-state index in [1.165, 1.54) is 7.11 Å². The first-order valence-corrected chi connectivity index (χ1v) is 3.90. The van der Waals surface area contributed by atoms with Crippen molar-refractivity contribution in [3.63, 3.8) is 0 Å². The summed E-state index contributed by atoms with van der Waals surface area (Å²) >= 11 is 0. The van der Waals surface area contributed by atoms with E-state index in [0.29, 0.717) is 0 Å². The first-order chi connectivity index (χ1) is 4.57. The molecule has 0 aromatic heterocycles. The van der Waals surface area contributed by atoms with Crippen LogP contribution in [0.3, 0.4) is 0 Å². The van der Waals surface area contributed by atoms with Gasteiger partial charge in [0.2, 0.25) is 0 Å². The molecule has 0 rings (SSSR count). The van der Waals surface area contributed by atoms with Gasteiger partial charge in [0.1, 0.15) is 0 Å². The maximum absolute atomic E-state index is 10.6. The largest absolute Gasteiger partial charge is 1.00 e. The van der Waals surface area contributed by atoms with E-state index in [2.05, 4.69) is 9.05 Å². The Morgan fingerprint density at radius 1 is 1.55 bits per heavy atom. The molecule has 0 fully saturated rings. The predicted molar refractivity (Wildman–Crippen MR) is 36.7 cm³/mol. The van der Waals surface area contributed by atoms with E-state index < -0.39 is 14.2 Å². The van der Waals surface area contributed by atoms with Crippen LogP contribution in [0.15, 0.2) is 0 Å². The summed E-state index contributed by atoms with van der Waals surface area (Å²) in [4.78, 5) is 10.6. The Hall–Kier alpha value is 0.530. The number of hydrogen-bond acceptors (Lipinski definition) is 4. The van der Waals surface area contributed by atoms with E-state index in [-0.39, 0.29) is 36.9 Å². The van der Waals surface area contributed by atoms with Crippen LogP contribution in [0.25, 0.3) is 0 Å². The third-order valence-corrected chi connectivity index (χ3v) is 1.41. The minimum absolute atomic E-state index is 0. The van der Waals surface area contributed by atoms with E-state index in [9.17, 15) is 9.36 Å². The molecule has 0 amide bonds. The molecule has 4 nitrogen and oxygen atoms in total. The van der Waals surface area contributed by atoms with Gasteiger partial charge in [0.05, 0.1) is 13.0 Å². The van der Waals surface area contributed by atoms with Gasteiger partial charge in [-0.05, 0) is 0 Å². The molecule has 0 radical (unpaired) electrons. The second kappa shape index (κ2) is 7.19. The quantitative estimate of drug-likeness (QED) is 0.405. The average Bonchev–Trinajstić information content (AvgIpc) is 1.87. The zero-order valence-corrected chi connectivity index (χ0v) is 10.1. The van der Waals surface area contributed by atoms with Crippen LogP contribution >= 0.6 is 8.25 Å². The van der Waals surface area contributed by atoms with Crippen molar-refractivity contribution >= 4 is 14.2 Å². The Morgan fingerprint density at radius 2 is 2.00 bits per heavy atom. The second-order valence-electron chi connectivity index (χ2n) is 1.97. The number of carbonyl (C=O) groups is 1. The average molecular weight is 189 g/mol. The topological polar surface area (TPSA) is 52.6 Å². The Bertz CT molecular complexity index is 152. The summed E-state index contributed by atoms with van der Waals surface area (Å²) in [5.41, 5.74) is 0. The molecule has 60 valence electrons. The van der Waals surface area contributed by atoms with Crippen molar-refractivity contribution in [2.24, 2.45) is 5.92 Å². The molecule has 1 atom stereocenters. The minimum atomic E-state index is -2.25. The van der Waals surface area contributed by atoms with E-state index >= 15 is 0 Å². The Balaban J connectivity index is -0.000000405. The molecule has 0 saturated heterocycles. The van der Waals surface area contributed by atoms with Crippen LogP contribution in [0, 0.1) is 5.92 Å². The first kappa shape index (κ1) is 14.1. The summed E-state index contributed by atoms with van der Waals surface area (Å²) in [6.07, 6.45) is 0. The molecule has 11 heavy (non-hydrogen) atoms. The molecular weight excluding hydrogens is 178 g/mol. The molecule has 0 aliphatic carbocycles. The van der Waals surface area contributed by atoms with E-state index in [4.69, 9.17) is 0 Å². The van der Waals surface area contributed by atoms with Gasteiger partial charge in [-0.25, -0.2) is 4.79 Å². The van der Waals surface area contributed by atoms with Crippen molar-refractivity contribution in [1.29, 1.82) is 0 Å². The molecule has 0 aromatic carbocycles. The van der Waals surface area contributed by atoms with Crippen LogP contribution in [0.4, 0.5) is 0 Å². The monoisotopic (exact) mass is 189 g/mol. The van der Waals surface area contributed by atoms with Crippen LogP contribution in [-0.2, 0) is 18.4 Å². The fourth-order valence-electron chi connectivity index (χ4n) is 0.216. The first-order valence-electron chi connectivity index (χ1n) is 2.81. The Labute approximate surface area is 90.4 Å². The summed E-state index contributed by atoms with van der Waals surface area (Å²) in [5, 5.41) is 0. The standard InChI is InChI=1S/C5H10O4P.Na.H/c1-4(2)5(6)9-10(7)8-3;;/h4H,1-3H3;;/q2*+1;-1. The van der Waals surface area contributed by atoms with Crippen LogP contribution < -0.4 is 29.6 Å². The van der Waals surface area contributed by atoms with Crippen molar-refractivity contribution in [2.45, 2.75) is 13.8 Å². The van der Waals surface area contributed by atoms with Gasteiger partial charge >= 0.3 is 43.8 Å². The number of carbonyl (C=O) groups excluding carboxylic acids is 1. The van der Waals surface area contributed by atoms with Gasteiger partial charge in [0.25, 0.3) is 0 Å². The Morgan fingerprint density at radius 3 is 2.27 bits per heavy atom. The van der Waals surface area contributed by atoms with E-state index in [0.717, 1.165) is 0 Å². The molecular formula is C5H11NaO4P+. The van der Waals surface area contributed by atoms with Gasteiger partial charge in [-0.2, -0.15) is 4.52 Å². The third-order valence-electron chi connectivity index (χ3n) is 0.785. The fourth-order valence-corrected chi connectivity index (χ4v) is 0.648. The summed E-state index contributed by atoms with van der Waals surface area (Å²) in [7, 11) is -1.04. The summed E-state index contributed by atoms with van der Waals surface area (Å²) < 4.78 is 19.0. The molecule has 0 aromatic rings. The van der Waals surface area contributed by atoms with Crippen LogP contribution in [0.2, 0.25) is 0 Å². The van der Waals surface area contributed by atoms with Crippen LogP contribution in [-0.4, -0.2) is 13.1 Å². The van der Waals surface area contributed by atoms with Crippen LogP contribution in [0.5, 0.6) is 0 Å². The molecule has 0 aliphatic rings. The predicted octanol–water partition coefficient (Wildman–Crippen LogP) is -1.39. The van der Waals surface area contributed by atoms with Crippen molar-refractivity contribution in [2.75, 3.05) is 7.11 Å². The molecule has 0 aliphatic heterocycles. The summed E-state index contributed by atoms with van der Waals surface area (Å²) in [6, 6.07) is 0.